The van der Waals surface area contributed by atoms with Gasteiger partial charge in [0, 0.05) is 10.9 Å². The number of nitrogens with zero attached hydrogens (tertiary/aromatic N) is 2. The molecule has 0 unspecified atom stereocenters. The largest absolute Gasteiger partial charge is 0.465 e. The summed E-state index contributed by atoms with van der Waals surface area (Å²) in [5.74, 6) is -1.27. The number of nitriles is 2. The van der Waals surface area contributed by atoms with Crippen LogP contribution in [0.2, 0.25) is 5.02 Å². The molecular weight excluding hydrogens is 348 g/mol. The number of aryl methyl sites for hydroxylation is 1. The van der Waals surface area contributed by atoms with E-state index in [0.29, 0.717) is 10.6 Å². The number of benzene rings is 2. The highest BCUT2D eigenvalue weighted by Crippen LogP contribution is 2.74. The van der Waals surface area contributed by atoms with E-state index in [2.05, 4.69) is 12.1 Å². The number of hydrogen-bond donors (Lipinski definition) is 0. The van der Waals surface area contributed by atoms with E-state index in [1.54, 1.807) is 31.2 Å². The second-order valence-electron chi connectivity index (χ2n) is 6.41. The highest BCUT2D eigenvalue weighted by atomic mass is 35.5. The van der Waals surface area contributed by atoms with E-state index in [-0.39, 0.29) is 6.61 Å². The quantitative estimate of drug-likeness (QED) is 0.759. The van der Waals surface area contributed by atoms with Crippen molar-refractivity contribution in [2.45, 2.75) is 25.2 Å². The van der Waals surface area contributed by atoms with Crippen LogP contribution in [-0.4, -0.2) is 12.6 Å². The molecule has 130 valence electrons. The van der Waals surface area contributed by atoms with Crippen molar-refractivity contribution in [3.05, 3.63) is 70.2 Å². The van der Waals surface area contributed by atoms with Crippen molar-refractivity contribution in [1.82, 2.24) is 0 Å². The van der Waals surface area contributed by atoms with Crippen molar-refractivity contribution in [3.63, 3.8) is 0 Å². The van der Waals surface area contributed by atoms with E-state index in [1.165, 1.54) is 0 Å². The van der Waals surface area contributed by atoms with Gasteiger partial charge in [-0.05, 0) is 37.1 Å². The maximum atomic E-state index is 12.8. The van der Waals surface area contributed by atoms with Gasteiger partial charge < -0.3 is 4.74 Å². The minimum absolute atomic E-state index is 0.144. The lowest BCUT2D eigenvalue weighted by molar-refractivity contribution is -0.148. The Balaban J connectivity index is 2.23. The molecule has 2 aromatic rings. The van der Waals surface area contributed by atoms with Crippen LogP contribution in [-0.2, 0) is 14.9 Å². The van der Waals surface area contributed by atoms with Gasteiger partial charge in [0.25, 0.3) is 0 Å². The first kappa shape index (κ1) is 18.0. The van der Waals surface area contributed by atoms with Crippen molar-refractivity contribution >= 4 is 17.6 Å². The lowest BCUT2D eigenvalue weighted by Gasteiger charge is -2.13. The van der Waals surface area contributed by atoms with Gasteiger partial charge in [0.1, 0.15) is 5.41 Å². The fourth-order valence-corrected chi connectivity index (χ4v) is 3.91. The van der Waals surface area contributed by atoms with Crippen molar-refractivity contribution in [3.8, 4) is 12.1 Å². The summed E-state index contributed by atoms with van der Waals surface area (Å²) < 4.78 is 5.20. The zero-order valence-electron chi connectivity index (χ0n) is 14.5. The summed E-state index contributed by atoms with van der Waals surface area (Å²) in [6, 6.07) is 18.6. The third-order valence-corrected chi connectivity index (χ3v) is 5.32. The Kier molecular flexibility index (Phi) is 4.48. The Bertz CT molecular complexity index is 924. The number of ether oxygens (including phenoxy) is 1. The van der Waals surface area contributed by atoms with Crippen LogP contribution in [0.4, 0.5) is 0 Å². The molecule has 1 aliphatic carbocycles. The molecule has 0 saturated heterocycles. The summed E-state index contributed by atoms with van der Waals surface area (Å²) in [5, 5.41) is 20.6. The van der Waals surface area contributed by atoms with Crippen LogP contribution in [0, 0.1) is 35.0 Å². The molecule has 1 fully saturated rings. The van der Waals surface area contributed by atoms with Crippen molar-refractivity contribution in [2.24, 2.45) is 5.41 Å². The molecule has 3 rings (SSSR count). The molecule has 0 radical (unpaired) electrons. The van der Waals surface area contributed by atoms with E-state index < -0.39 is 22.7 Å². The zero-order valence-corrected chi connectivity index (χ0v) is 15.2. The maximum absolute atomic E-state index is 12.8. The third-order valence-electron chi connectivity index (χ3n) is 5.07. The lowest BCUT2D eigenvalue weighted by Crippen LogP contribution is -2.26. The van der Waals surface area contributed by atoms with Crippen LogP contribution in [0.3, 0.4) is 0 Å². The van der Waals surface area contributed by atoms with E-state index in [9.17, 15) is 15.3 Å². The van der Waals surface area contributed by atoms with Crippen molar-refractivity contribution in [1.29, 1.82) is 10.5 Å². The van der Waals surface area contributed by atoms with Gasteiger partial charge in [-0.25, -0.2) is 0 Å². The standard InChI is InChI=1S/C21H17ClN2O2/c1-3-26-19(25)21(13-24)18(15-6-4-14(2)5-7-15)20(21,12-23)16-8-10-17(22)11-9-16/h4-11,18H,3H2,1-2H3/t18-,20-,21-/m1/s1. The second kappa shape index (κ2) is 6.48. The van der Waals surface area contributed by atoms with Gasteiger partial charge in [0.2, 0.25) is 0 Å². The molecule has 0 heterocycles. The summed E-state index contributed by atoms with van der Waals surface area (Å²) in [5.41, 5.74) is -0.484. The monoisotopic (exact) mass is 364 g/mol. The molecule has 4 nitrogen and oxygen atoms in total. The summed E-state index contributed by atoms with van der Waals surface area (Å²) in [6.45, 7) is 3.78. The van der Waals surface area contributed by atoms with Gasteiger partial charge in [-0.3, -0.25) is 4.79 Å². The Morgan fingerprint density at radius 2 is 1.73 bits per heavy atom. The van der Waals surface area contributed by atoms with E-state index >= 15 is 0 Å². The van der Waals surface area contributed by atoms with Crippen LogP contribution in [0.5, 0.6) is 0 Å². The number of halogens is 1. The average Bonchev–Trinajstić information content (AvgIpc) is 3.27. The lowest BCUT2D eigenvalue weighted by atomic mass is 9.87. The number of esters is 1. The van der Waals surface area contributed by atoms with Crippen molar-refractivity contribution < 1.29 is 9.53 Å². The molecule has 26 heavy (non-hydrogen) atoms. The third kappa shape index (κ3) is 2.30. The predicted octanol–water partition coefficient (Wildman–Crippen LogP) is 4.28. The molecule has 3 atom stereocenters. The minimum atomic E-state index is -1.58. The van der Waals surface area contributed by atoms with Gasteiger partial charge >= 0.3 is 5.97 Å². The Hall–Kier alpha value is -2.82. The second-order valence-corrected chi connectivity index (χ2v) is 6.85. The fourth-order valence-electron chi connectivity index (χ4n) is 3.78. The molecule has 1 saturated carbocycles. The highest BCUT2D eigenvalue weighted by Gasteiger charge is 2.84. The molecule has 5 heteroatoms. The normalized spacial score (nSPS) is 26.4. The molecule has 0 bridgehead atoms. The molecule has 0 N–H and O–H groups in total. The summed E-state index contributed by atoms with van der Waals surface area (Å²) in [7, 11) is 0. The van der Waals surface area contributed by atoms with Crippen LogP contribution >= 0.6 is 11.6 Å². The van der Waals surface area contributed by atoms with Gasteiger partial charge in [0.15, 0.2) is 5.41 Å². The Morgan fingerprint density at radius 1 is 1.12 bits per heavy atom. The van der Waals surface area contributed by atoms with Crippen molar-refractivity contribution in [2.75, 3.05) is 6.61 Å². The number of rotatable bonds is 4. The van der Waals surface area contributed by atoms with Crippen LogP contribution in [0.25, 0.3) is 0 Å². The predicted molar refractivity (Wildman–Crippen MR) is 97.3 cm³/mol. The number of carbonyl (C=O) groups excluding carboxylic acids is 1. The van der Waals surface area contributed by atoms with E-state index in [1.807, 2.05) is 31.2 Å². The SMILES string of the molecule is CCOC(=O)[C@@]1(C#N)[C@H](c2ccc(C)cc2)[C@@]1(C#N)c1ccc(Cl)cc1. The summed E-state index contributed by atoms with van der Waals surface area (Å²) in [6.07, 6.45) is 0. The molecule has 0 aliphatic heterocycles. The first-order chi connectivity index (χ1) is 12.5. The highest BCUT2D eigenvalue weighted by molar-refractivity contribution is 6.30. The Labute approximate surface area is 157 Å². The molecule has 2 aromatic carbocycles. The van der Waals surface area contributed by atoms with Gasteiger partial charge in [-0.2, -0.15) is 10.5 Å². The first-order valence-electron chi connectivity index (χ1n) is 8.30. The van der Waals surface area contributed by atoms with E-state index in [4.69, 9.17) is 16.3 Å². The van der Waals surface area contributed by atoms with Gasteiger partial charge in [0.05, 0.1) is 18.7 Å². The van der Waals surface area contributed by atoms with Crippen LogP contribution in [0.1, 0.15) is 29.5 Å². The molecule has 1 aliphatic rings. The topological polar surface area (TPSA) is 73.9 Å². The maximum Gasteiger partial charge on any atom is 0.329 e. The Morgan fingerprint density at radius 3 is 2.23 bits per heavy atom. The summed E-state index contributed by atoms with van der Waals surface area (Å²) in [4.78, 5) is 12.8. The van der Waals surface area contributed by atoms with Crippen LogP contribution < -0.4 is 0 Å². The molecule has 0 amide bonds. The van der Waals surface area contributed by atoms with Gasteiger partial charge in [-0.15, -0.1) is 0 Å². The average molecular weight is 365 g/mol. The van der Waals surface area contributed by atoms with Gasteiger partial charge in [-0.1, -0.05) is 53.6 Å². The number of hydrogen-bond acceptors (Lipinski definition) is 4. The number of carbonyl (C=O) groups is 1. The molecule has 0 aromatic heterocycles. The summed E-state index contributed by atoms with van der Waals surface area (Å²) >= 11 is 5.97. The van der Waals surface area contributed by atoms with Crippen LogP contribution in [0.15, 0.2) is 48.5 Å². The van der Waals surface area contributed by atoms with E-state index in [0.717, 1.165) is 11.1 Å². The smallest absolute Gasteiger partial charge is 0.329 e. The zero-order chi connectivity index (χ0) is 18.9. The molecular formula is C21H17ClN2O2. The first-order valence-corrected chi connectivity index (χ1v) is 8.68. The fraction of sp³-hybridized carbons (Fsp3) is 0.286. The molecule has 0 spiro atoms. The minimum Gasteiger partial charge on any atom is -0.465 e.